The van der Waals surface area contributed by atoms with Gasteiger partial charge in [-0.2, -0.15) is 0 Å². The molecule has 1 saturated carbocycles. The number of amidine groups is 1. The third-order valence-corrected chi connectivity index (χ3v) is 5.06. The Morgan fingerprint density at radius 3 is 2.45 bits per heavy atom. The van der Waals surface area contributed by atoms with Gasteiger partial charge in [-0.05, 0) is 74.9 Å². The first-order valence-electron chi connectivity index (χ1n) is 9.65. The predicted molar refractivity (Wildman–Crippen MR) is 117 cm³/mol. The van der Waals surface area contributed by atoms with Gasteiger partial charge in [-0.15, -0.1) is 0 Å². The molecule has 29 heavy (non-hydrogen) atoms. The van der Waals surface area contributed by atoms with E-state index in [-0.39, 0.29) is 17.4 Å². The molecule has 1 aliphatic rings. The Balaban J connectivity index is 0.000000221. The zero-order chi connectivity index (χ0) is 21.4. The summed E-state index contributed by atoms with van der Waals surface area (Å²) in [7, 11) is 0. The van der Waals surface area contributed by atoms with E-state index in [1.54, 1.807) is 6.07 Å². The number of benzene rings is 1. The van der Waals surface area contributed by atoms with Crippen LogP contribution in [0.4, 0.5) is 10.1 Å². The van der Waals surface area contributed by atoms with E-state index in [2.05, 4.69) is 29.1 Å². The van der Waals surface area contributed by atoms with Crippen molar-refractivity contribution in [3.05, 3.63) is 59.1 Å². The van der Waals surface area contributed by atoms with E-state index in [1.165, 1.54) is 62.2 Å². The molecule has 1 aromatic heterocycles. The summed E-state index contributed by atoms with van der Waals surface area (Å²) in [6, 6.07) is 8.98. The molecule has 1 aliphatic carbocycles. The molecule has 5 nitrogen and oxygen atoms in total. The maximum atomic E-state index is 12.7. The van der Waals surface area contributed by atoms with Gasteiger partial charge in [0.15, 0.2) is 0 Å². The number of nitrogens with two attached hydrogens (primary N) is 1. The lowest BCUT2D eigenvalue weighted by Gasteiger charge is -2.39. The van der Waals surface area contributed by atoms with Crippen LogP contribution >= 0.6 is 11.6 Å². The van der Waals surface area contributed by atoms with Crippen molar-refractivity contribution in [2.45, 2.75) is 52.5 Å². The second-order valence-electron chi connectivity index (χ2n) is 7.81. The minimum Gasteiger partial charge on any atom is -0.388 e. The summed E-state index contributed by atoms with van der Waals surface area (Å²) in [6.07, 6.45) is 6.73. The number of nitrogens with one attached hydrogen (secondary N) is 1. The van der Waals surface area contributed by atoms with Crippen LogP contribution in [-0.4, -0.2) is 22.8 Å². The summed E-state index contributed by atoms with van der Waals surface area (Å²) in [5.41, 5.74) is 6.85. The topological polar surface area (TPSA) is 80.4 Å². The monoisotopic (exact) mass is 418 g/mol. The molecule has 0 radical (unpaired) electrons. The van der Waals surface area contributed by atoms with Crippen molar-refractivity contribution in [3.8, 4) is 0 Å². The van der Waals surface area contributed by atoms with Crippen LogP contribution in [0, 0.1) is 11.2 Å². The molecule has 0 bridgehead atoms. The first-order chi connectivity index (χ1) is 13.7. The van der Waals surface area contributed by atoms with Crippen LogP contribution in [-0.2, 0) is 0 Å². The lowest BCUT2D eigenvalue weighted by Crippen LogP contribution is -2.29. The van der Waals surface area contributed by atoms with Gasteiger partial charge < -0.3 is 11.1 Å². The summed E-state index contributed by atoms with van der Waals surface area (Å²) in [5.74, 6) is -0.00804. The molecule has 0 spiro atoms. The van der Waals surface area contributed by atoms with Crippen LogP contribution in [0.2, 0.25) is 5.02 Å². The van der Waals surface area contributed by atoms with Gasteiger partial charge >= 0.3 is 0 Å². The van der Waals surface area contributed by atoms with E-state index >= 15 is 0 Å². The van der Waals surface area contributed by atoms with Gasteiger partial charge in [0.05, 0.1) is 10.9 Å². The van der Waals surface area contributed by atoms with Gasteiger partial charge in [0.25, 0.3) is 5.91 Å². The number of anilines is 1. The smallest absolute Gasteiger partial charge is 0.274 e. The standard InChI is InChI=1S/C12H8ClFN2O.C10H20N2/c13-8-1-6-11(15-7-8)12(17)16-10-4-2-9(14)3-5-10;1-8(12-9(2)11)7-10(3)5-4-6-10/h1-7H,(H,16,17);8H,4-7H2,1-3H3,(H2,11,12). The SMILES string of the molecule is CC(N)=NC(C)CC1(C)CCC1.O=C(Nc1ccc(F)cc1)c1ccc(Cl)cn1. The number of amides is 1. The molecule has 7 heteroatoms. The molecule has 1 fully saturated rings. The van der Waals surface area contributed by atoms with Gasteiger partial charge in [0, 0.05) is 17.9 Å². The molecule has 1 heterocycles. The third-order valence-electron chi connectivity index (χ3n) is 4.84. The van der Waals surface area contributed by atoms with Crippen LogP contribution in [0.3, 0.4) is 0 Å². The summed E-state index contributed by atoms with van der Waals surface area (Å²) < 4.78 is 12.7. The molecule has 2 aromatic rings. The number of nitrogens with zero attached hydrogens (tertiary/aromatic N) is 2. The van der Waals surface area contributed by atoms with Gasteiger partial charge in [0.2, 0.25) is 0 Å². The van der Waals surface area contributed by atoms with Crippen LogP contribution < -0.4 is 11.1 Å². The first-order valence-corrected chi connectivity index (χ1v) is 10.0. The molecule has 1 unspecified atom stereocenters. The number of rotatable bonds is 5. The maximum Gasteiger partial charge on any atom is 0.274 e. The van der Waals surface area contributed by atoms with E-state index in [4.69, 9.17) is 17.3 Å². The largest absolute Gasteiger partial charge is 0.388 e. The van der Waals surface area contributed by atoms with E-state index < -0.39 is 0 Å². The lowest BCUT2D eigenvalue weighted by atomic mass is 9.67. The zero-order valence-electron chi connectivity index (χ0n) is 17.1. The Hall–Kier alpha value is -2.47. The van der Waals surface area contributed by atoms with E-state index in [0.717, 1.165) is 0 Å². The molecule has 1 aromatic carbocycles. The first kappa shape index (κ1) is 22.8. The van der Waals surface area contributed by atoms with Crippen molar-refractivity contribution in [2.75, 3.05) is 5.32 Å². The number of pyridine rings is 1. The van der Waals surface area contributed by atoms with E-state index in [9.17, 15) is 9.18 Å². The number of aliphatic imine (C=N–C) groups is 1. The molecule has 0 saturated heterocycles. The fraction of sp³-hybridized carbons (Fsp3) is 0.409. The Morgan fingerprint density at radius 1 is 1.31 bits per heavy atom. The highest BCUT2D eigenvalue weighted by Gasteiger charge is 2.32. The summed E-state index contributed by atoms with van der Waals surface area (Å²) in [5, 5.41) is 3.06. The summed E-state index contributed by atoms with van der Waals surface area (Å²) in [4.78, 5) is 19.9. The van der Waals surface area contributed by atoms with Crippen molar-refractivity contribution < 1.29 is 9.18 Å². The maximum absolute atomic E-state index is 12.7. The van der Waals surface area contributed by atoms with Crippen LogP contribution in [0.5, 0.6) is 0 Å². The van der Waals surface area contributed by atoms with Crippen molar-refractivity contribution in [2.24, 2.45) is 16.1 Å². The normalized spacial score (nSPS) is 16.1. The van der Waals surface area contributed by atoms with Crippen LogP contribution in [0.1, 0.15) is 56.9 Å². The van der Waals surface area contributed by atoms with Crippen LogP contribution in [0.25, 0.3) is 0 Å². The quantitative estimate of drug-likeness (QED) is 0.499. The summed E-state index contributed by atoms with van der Waals surface area (Å²) >= 11 is 5.66. The molecule has 1 atom stereocenters. The molecule has 1 amide bonds. The molecule has 156 valence electrons. The zero-order valence-corrected chi connectivity index (χ0v) is 17.8. The number of carbonyl (C=O) groups excluding carboxylic acids is 1. The number of aromatic nitrogens is 1. The molecular weight excluding hydrogens is 391 g/mol. The number of halogens is 2. The van der Waals surface area contributed by atoms with Gasteiger partial charge in [-0.3, -0.25) is 9.79 Å². The average Bonchev–Trinajstić information content (AvgIpc) is 2.62. The number of hydrogen-bond donors (Lipinski definition) is 2. The summed E-state index contributed by atoms with van der Waals surface area (Å²) in [6.45, 7) is 6.37. The van der Waals surface area contributed by atoms with Gasteiger partial charge in [-0.25, -0.2) is 9.37 Å². The molecule has 0 aliphatic heterocycles. The van der Waals surface area contributed by atoms with Crippen molar-refractivity contribution in [3.63, 3.8) is 0 Å². The fourth-order valence-corrected chi connectivity index (χ4v) is 3.44. The highest BCUT2D eigenvalue weighted by atomic mass is 35.5. The second-order valence-corrected chi connectivity index (χ2v) is 8.25. The van der Waals surface area contributed by atoms with E-state index in [1.807, 2.05) is 6.92 Å². The van der Waals surface area contributed by atoms with Gasteiger partial charge in [-0.1, -0.05) is 24.9 Å². The predicted octanol–water partition coefficient (Wildman–Crippen LogP) is 5.46. The minimum atomic E-state index is -0.367. The Bertz CT molecular complexity index is 829. The van der Waals surface area contributed by atoms with Crippen molar-refractivity contribution in [1.29, 1.82) is 0 Å². The fourth-order valence-electron chi connectivity index (χ4n) is 3.33. The minimum absolute atomic E-state index is 0.249. The highest BCUT2D eigenvalue weighted by Crippen LogP contribution is 2.44. The molecule has 3 N–H and O–H groups in total. The molecule has 3 rings (SSSR count). The van der Waals surface area contributed by atoms with Gasteiger partial charge in [0.1, 0.15) is 11.5 Å². The Kier molecular flexibility index (Phi) is 8.14. The Labute approximate surface area is 176 Å². The highest BCUT2D eigenvalue weighted by molar-refractivity contribution is 6.30. The second kappa shape index (κ2) is 10.3. The lowest BCUT2D eigenvalue weighted by molar-refractivity contribution is 0.102. The van der Waals surface area contributed by atoms with Crippen molar-refractivity contribution in [1.82, 2.24) is 4.98 Å². The average molecular weight is 419 g/mol. The third kappa shape index (κ3) is 7.81. The number of carbonyl (C=O) groups is 1. The number of hydrogen-bond acceptors (Lipinski definition) is 3. The Morgan fingerprint density at radius 2 is 1.97 bits per heavy atom. The molecular formula is C22H28ClFN4O. The van der Waals surface area contributed by atoms with E-state index in [0.29, 0.717) is 28.0 Å². The van der Waals surface area contributed by atoms with Crippen molar-refractivity contribution >= 4 is 29.0 Å². The van der Waals surface area contributed by atoms with Crippen LogP contribution in [0.15, 0.2) is 47.6 Å².